The van der Waals surface area contributed by atoms with Gasteiger partial charge in [-0.3, -0.25) is 9.40 Å². The second-order valence-electron chi connectivity index (χ2n) is 4.31. The molecule has 0 saturated heterocycles. The molecule has 0 aliphatic rings. The van der Waals surface area contributed by atoms with E-state index in [0.717, 1.165) is 6.54 Å². The highest BCUT2D eigenvalue weighted by atomic mass is 32.2. The minimum Gasteiger partial charge on any atom is -0.313 e. The van der Waals surface area contributed by atoms with Crippen LogP contribution in [-0.2, 0) is 16.6 Å². The van der Waals surface area contributed by atoms with Gasteiger partial charge >= 0.3 is 0 Å². The summed E-state index contributed by atoms with van der Waals surface area (Å²) in [6.07, 6.45) is 1.54. The number of nitrogens with one attached hydrogen (secondary N) is 2. The van der Waals surface area contributed by atoms with Crippen molar-refractivity contribution in [3.8, 4) is 0 Å². The molecule has 7 heteroatoms. The van der Waals surface area contributed by atoms with Gasteiger partial charge in [-0.25, -0.2) is 0 Å². The van der Waals surface area contributed by atoms with Crippen molar-refractivity contribution in [2.24, 2.45) is 0 Å². The number of H-pyrrole nitrogens is 1. The quantitative estimate of drug-likeness (QED) is 0.843. The fourth-order valence-electron chi connectivity index (χ4n) is 1.82. The van der Waals surface area contributed by atoms with E-state index in [1.807, 2.05) is 13.0 Å². The average Bonchev–Trinajstić information content (AvgIpc) is 2.94. The van der Waals surface area contributed by atoms with E-state index in [1.165, 1.54) is 17.5 Å². The second-order valence-corrected chi connectivity index (χ2v) is 6.22. The van der Waals surface area contributed by atoms with Crippen molar-refractivity contribution in [1.29, 1.82) is 0 Å². The molecule has 2 N–H and O–H groups in total. The third kappa shape index (κ3) is 2.83. The largest absolute Gasteiger partial charge is 0.313 e. The molecule has 1 aromatic heterocycles. The lowest BCUT2D eigenvalue weighted by molar-refractivity contribution is 0.587. The molecule has 0 atom stereocenters. The molecule has 20 heavy (non-hydrogen) atoms. The molecule has 0 radical (unpaired) electrons. The first kappa shape index (κ1) is 14.5. The number of benzene rings is 1. The van der Waals surface area contributed by atoms with Crippen LogP contribution in [0.5, 0.6) is 0 Å². The molecule has 1 heterocycles. The van der Waals surface area contributed by atoms with E-state index in [9.17, 15) is 8.42 Å². The van der Waals surface area contributed by atoms with Crippen molar-refractivity contribution in [2.45, 2.75) is 18.5 Å². The fourth-order valence-corrected chi connectivity index (χ4v) is 3.12. The average molecular weight is 294 g/mol. The molecule has 0 amide bonds. The minimum absolute atomic E-state index is 0.129. The Morgan fingerprint density at radius 1 is 1.30 bits per heavy atom. The molecule has 108 valence electrons. The molecule has 0 aliphatic carbocycles. The van der Waals surface area contributed by atoms with Crippen LogP contribution in [0.1, 0.15) is 12.5 Å². The van der Waals surface area contributed by atoms with Gasteiger partial charge < -0.3 is 5.32 Å². The Hall–Kier alpha value is -1.86. The van der Waals surface area contributed by atoms with Crippen LogP contribution in [0.25, 0.3) is 0 Å². The molecular weight excluding hydrogens is 276 g/mol. The van der Waals surface area contributed by atoms with E-state index in [2.05, 4.69) is 15.5 Å². The van der Waals surface area contributed by atoms with Crippen molar-refractivity contribution >= 4 is 15.7 Å². The SMILES string of the molecule is CCNCc1cn[nH]c1S(=O)(=O)N(C)c1ccccc1. The Kier molecular flexibility index (Phi) is 4.41. The summed E-state index contributed by atoms with van der Waals surface area (Å²) in [4.78, 5) is 0. The monoisotopic (exact) mass is 294 g/mol. The summed E-state index contributed by atoms with van der Waals surface area (Å²) in [6, 6.07) is 8.94. The fraction of sp³-hybridized carbons (Fsp3) is 0.308. The van der Waals surface area contributed by atoms with Gasteiger partial charge in [-0.1, -0.05) is 25.1 Å². The summed E-state index contributed by atoms with van der Waals surface area (Å²) in [6.45, 7) is 3.19. The number of nitrogens with zero attached hydrogens (tertiary/aromatic N) is 2. The Balaban J connectivity index is 2.33. The predicted molar refractivity (Wildman–Crippen MR) is 78.0 cm³/mol. The summed E-state index contributed by atoms with van der Waals surface area (Å²) in [5, 5.41) is 9.66. The molecule has 0 bridgehead atoms. The smallest absolute Gasteiger partial charge is 0.281 e. The molecule has 0 fully saturated rings. The minimum atomic E-state index is -3.63. The highest BCUT2D eigenvalue weighted by molar-refractivity contribution is 7.92. The molecule has 1 aromatic carbocycles. The Bertz CT molecular complexity index is 652. The maximum Gasteiger partial charge on any atom is 0.281 e. The van der Waals surface area contributed by atoms with Crippen LogP contribution in [0.3, 0.4) is 0 Å². The number of aromatic nitrogens is 2. The lowest BCUT2D eigenvalue weighted by atomic mass is 10.3. The molecular formula is C13H18N4O2S. The maximum absolute atomic E-state index is 12.6. The van der Waals surface area contributed by atoms with Gasteiger partial charge in [0.1, 0.15) is 0 Å². The van der Waals surface area contributed by atoms with E-state index < -0.39 is 10.0 Å². The molecule has 0 unspecified atom stereocenters. The van der Waals surface area contributed by atoms with Gasteiger partial charge in [0.25, 0.3) is 10.0 Å². The van der Waals surface area contributed by atoms with Gasteiger partial charge in [0.2, 0.25) is 0 Å². The molecule has 0 spiro atoms. The highest BCUT2D eigenvalue weighted by Gasteiger charge is 2.26. The first-order chi connectivity index (χ1) is 9.57. The first-order valence-corrected chi connectivity index (χ1v) is 7.78. The van der Waals surface area contributed by atoms with Gasteiger partial charge in [-0.15, -0.1) is 0 Å². The number of rotatable bonds is 6. The van der Waals surface area contributed by atoms with Crippen molar-refractivity contribution in [3.63, 3.8) is 0 Å². The van der Waals surface area contributed by atoms with Gasteiger partial charge in [-0.05, 0) is 18.7 Å². The maximum atomic E-state index is 12.6. The first-order valence-electron chi connectivity index (χ1n) is 6.34. The Morgan fingerprint density at radius 3 is 2.65 bits per heavy atom. The van der Waals surface area contributed by atoms with Crippen molar-refractivity contribution < 1.29 is 8.42 Å². The third-order valence-corrected chi connectivity index (χ3v) is 4.78. The van der Waals surface area contributed by atoms with Gasteiger partial charge in [0, 0.05) is 19.2 Å². The standard InChI is InChI=1S/C13H18N4O2S/c1-3-14-9-11-10-15-16-13(11)20(18,19)17(2)12-7-5-4-6-8-12/h4-8,10,14H,3,9H2,1-2H3,(H,15,16). The molecule has 6 nitrogen and oxygen atoms in total. The molecule has 2 aromatic rings. The predicted octanol–water partition coefficient (Wildman–Crippen LogP) is 1.34. The third-order valence-electron chi connectivity index (χ3n) is 2.98. The summed E-state index contributed by atoms with van der Waals surface area (Å²) < 4.78 is 26.5. The van der Waals surface area contributed by atoms with E-state index in [0.29, 0.717) is 17.8 Å². The van der Waals surface area contributed by atoms with Crippen molar-refractivity contribution in [1.82, 2.24) is 15.5 Å². The number of hydrogen-bond donors (Lipinski definition) is 2. The van der Waals surface area contributed by atoms with Crippen LogP contribution in [-0.4, -0.2) is 32.2 Å². The summed E-state index contributed by atoms with van der Waals surface area (Å²) >= 11 is 0. The van der Waals surface area contributed by atoms with Gasteiger partial charge in [-0.2, -0.15) is 13.5 Å². The highest BCUT2D eigenvalue weighted by Crippen LogP contribution is 2.22. The normalized spacial score (nSPS) is 11.5. The van der Waals surface area contributed by atoms with Crippen LogP contribution < -0.4 is 9.62 Å². The molecule has 2 rings (SSSR count). The number of para-hydroxylation sites is 1. The topological polar surface area (TPSA) is 78.1 Å². The lowest BCUT2D eigenvalue weighted by Crippen LogP contribution is -2.28. The van der Waals surface area contributed by atoms with Crippen LogP contribution in [0.2, 0.25) is 0 Å². The van der Waals surface area contributed by atoms with Crippen molar-refractivity contribution in [3.05, 3.63) is 42.1 Å². The zero-order valence-electron chi connectivity index (χ0n) is 11.5. The van der Waals surface area contributed by atoms with Gasteiger partial charge in [0.15, 0.2) is 5.03 Å². The zero-order chi connectivity index (χ0) is 14.6. The zero-order valence-corrected chi connectivity index (χ0v) is 12.3. The van der Waals surface area contributed by atoms with Crippen LogP contribution in [0.4, 0.5) is 5.69 Å². The Morgan fingerprint density at radius 2 is 2.00 bits per heavy atom. The Labute approximate surface area is 118 Å². The van der Waals surface area contributed by atoms with Gasteiger partial charge in [0.05, 0.1) is 11.9 Å². The molecule has 0 aliphatic heterocycles. The van der Waals surface area contributed by atoms with Crippen LogP contribution in [0, 0.1) is 0 Å². The number of aromatic amines is 1. The van der Waals surface area contributed by atoms with E-state index in [4.69, 9.17) is 0 Å². The summed E-state index contributed by atoms with van der Waals surface area (Å²) in [5.41, 5.74) is 1.24. The number of anilines is 1. The van der Waals surface area contributed by atoms with E-state index in [-0.39, 0.29) is 5.03 Å². The van der Waals surface area contributed by atoms with E-state index >= 15 is 0 Å². The number of sulfonamides is 1. The second kappa shape index (κ2) is 6.06. The summed E-state index contributed by atoms with van der Waals surface area (Å²) in [7, 11) is -2.10. The van der Waals surface area contributed by atoms with Crippen LogP contribution in [0.15, 0.2) is 41.6 Å². The summed E-state index contributed by atoms with van der Waals surface area (Å²) in [5.74, 6) is 0. The van der Waals surface area contributed by atoms with Crippen LogP contribution >= 0.6 is 0 Å². The molecule has 0 saturated carbocycles. The number of hydrogen-bond acceptors (Lipinski definition) is 4. The van der Waals surface area contributed by atoms with E-state index in [1.54, 1.807) is 24.3 Å². The lowest BCUT2D eigenvalue weighted by Gasteiger charge is -2.19. The van der Waals surface area contributed by atoms with Crippen molar-refractivity contribution in [2.75, 3.05) is 17.9 Å².